The van der Waals surface area contributed by atoms with Crippen LogP contribution in [0.15, 0.2) is 30.3 Å². The second-order valence-corrected chi connectivity index (χ2v) is 5.84. The fourth-order valence-electron chi connectivity index (χ4n) is 2.64. The number of amides is 3. The molecule has 3 N–H and O–H groups in total. The average molecular weight is 319 g/mol. The average Bonchev–Trinajstić information content (AvgIpc) is 3.05. The molecule has 1 saturated heterocycles. The Balaban J connectivity index is 1.59. The number of carbonyl (C=O) groups is 2. The third-order valence-corrected chi connectivity index (χ3v) is 4.11. The third kappa shape index (κ3) is 5.25. The van der Waals surface area contributed by atoms with E-state index in [2.05, 4.69) is 5.32 Å². The molecule has 6 nitrogen and oxygen atoms in total. The summed E-state index contributed by atoms with van der Waals surface area (Å²) in [6, 6.07) is 9.90. The lowest BCUT2D eigenvalue weighted by Gasteiger charge is -2.17. The molecule has 6 heteroatoms. The number of benzene rings is 1. The Hall–Kier alpha value is -2.08. The molecule has 0 radical (unpaired) electrons. The quantitative estimate of drug-likeness (QED) is 0.750. The van der Waals surface area contributed by atoms with Gasteiger partial charge in [-0.1, -0.05) is 30.3 Å². The van der Waals surface area contributed by atoms with Crippen LogP contribution >= 0.6 is 0 Å². The maximum absolute atomic E-state index is 12.0. The van der Waals surface area contributed by atoms with Crippen molar-refractivity contribution in [1.82, 2.24) is 10.2 Å². The van der Waals surface area contributed by atoms with Gasteiger partial charge in [0.25, 0.3) is 0 Å². The van der Waals surface area contributed by atoms with Crippen molar-refractivity contribution in [2.45, 2.75) is 25.9 Å². The molecule has 1 heterocycles. The number of rotatable bonds is 7. The predicted molar refractivity (Wildman–Crippen MR) is 87.7 cm³/mol. The molecule has 0 bridgehead atoms. The number of primary amides is 1. The molecule has 1 aliphatic heterocycles. The lowest BCUT2D eigenvalue weighted by atomic mass is 10.1. The second-order valence-electron chi connectivity index (χ2n) is 5.84. The van der Waals surface area contributed by atoms with E-state index in [1.54, 1.807) is 4.90 Å². The summed E-state index contributed by atoms with van der Waals surface area (Å²) >= 11 is 0. The topological polar surface area (TPSA) is 84.7 Å². The van der Waals surface area contributed by atoms with E-state index < -0.39 is 0 Å². The number of ether oxygens (including phenoxy) is 1. The normalized spacial score (nSPS) is 18.7. The molecule has 2 rings (SSSR count). The Morgan fingerprint density at radius 1 is 1.39 bits per heavy atom. The van der Waals surface area contributed by atoms with E-state index in [-0.39, 0.29) is 24.0 Å². The molecule has 23 heavy (non-hydrogen) atoms. The summed E-state index contributed by atoms with van der Waals surface area (Å²) < 4.78 is 5.76. The van der Waals surface area contributed by atoms with Crippen molar-refractivity contribution in [3.63, 3.8) is 0 Å². The molecule has 0 aromatic heterocycles. The maximum atomic E-state index is 12.0. The molecule has 1 aromatic rings. The number of carbonyl (C=O) groups excluding carboxylic acids is 2. The van der Waals surface area contributed by atoms with E-state index in [1.807, 2.05) is 37.3 Å². The van der Waals surface area contributed by atoms with Crippen molar-refractivity contribution in [3.8, 4) is 0 Å². The van der Waals surface area contributed by atoms with Gasteiger partial charge in [0.15, 0.2) is 0 Å². The Morgan fingerprint density at radius 3 is 2.78 bits per heavy atom. The summed E-state index contributed by atoms with van der Waals surface area (Å²) in [5.41, 5.74) is 6.41. The maximum Gasteiger partial charge on any atom is 0.317 e. The van der Waals surface area contributed by atoms with Gasteiger partial charge in [0, 0.05) is 26.2 Å². The molecule has 126 valence electrons. The SMILES string of the molecule is C[C@H](OCCCNC(=O)N1CC[C@@H](C(N)=O)C1)c1ccccc1. The molecule has 1 aliphatic rings. The first-order chi connectivity index (χ1) is 11.1. The molecule has 2 atom stereocenters. The highest BCUT2D eigenvalue weighted by Gasteiger charge is 2.29. The molecular formula is C17H25N3O3. The Morgan fingerprint density at radius 2 is 2.13 bits per heavy atom. The summed E-state index contributed by atoms with van der Waals surface area (Å²) in [5, 5.41) is 2.85. The van der Waals surface area contributed by atoms with Crippen molar-refractivity contribution in [1.29, 1.82) is 0 Å². The van der Waals surface area contributed by atoms with Crippen molar-refractivity contribution < 1.29 is 14.3 Å². The number of hydrogen-bond acceptors (Lipinski definition) is 3. The molecule has 0 saturated carbocycles. The van der Waals surface area contributed by atoms with Gasteiger partial charge in [0.1, 0.15) is 0 Å². The largest absolute Gasteiger partial charge is 0.374 e. The number of nitrogens with two attached hydrogens (primary N) is 1. The summed E-state index contributed by atoms with van der Waals surface area (Å²) in [5.74, 6) is -0.542. The monoisotopic (exact) mass is 319 g/mol. The van der Waals surface area contributed by atoms with Crippen LogP contribution in [0.4, 0.5) is 4.79 Å². The lowest BCUT2D eigenvalue weighted by Crippen LogP contribution is -2.40. The van der Waals surface area contributed by atoms with E-state index in [4.69, 9.17) is 10.5 Å². The summed E-state index contributed by atoms with van der Waals surface area (Å²) in [4.78, 5) is 24.7. The predicted octanol–water partition coefficient (Wildman–Crippen LogP) is 1.67. The Labute approximate surface area is 137 Å². The first-order valence-electron chi connectivity index (χ1n) is 8.06. The van der Waals surface area contributed by atoms with Gasteiger partial charge in [0.05, 0.1) is 12.0 Å². The van der Waals surface area contributed by atoms with E-state index >= 15 is 0 Å². The van der Waals surface area contributed by atoms with Gasteiger partial charge >= 0.3 is 6.03 Å². The first kappa shape index (κ1) is 17.3. The van der Waals surface area contributed by atoms with Crippen molar-refractivity contribution in [2.75, 3.05) is 26.2 Å². The highest BCUT2D eigenvalue weighted by molar-refractivity contribution is 5.80. The lowest BCUT2D eigenvalue weighted by molar-refractivity contribution is -0.121. The van der Waals surface area contributed by atoms with E-state index in [1.165, 1.54) is 0 Å². The van der Waals surface area contributed by atoms with Crippen LogP contribution < -0.4 is 11.1 Å². The van der Waals surface area contributed by atoms with Crippen LogP contribution in [0.25, 0.3) is 0 Å². The number of hydrogen-bond donors (Lipinski definition) is 2. The van der Waals surface area contributed by atoms with Crippen LogP contribution in [0.3, 0.4) is 0 Å². The molecule has 3 amide bonds. The smallest absolute Gasteiger partial charge is 0.317 e. The van der Waals surface area contributed by atoms with Crippen LogP contribution in [-0.2, 0) is 9.53 Å². The zero-order valence-electron chi connectivity index (χ0n) is 13.5. The van der Waals surface area contributed by atoms with Crippen LogP contribution in [-0.4, -0.2) is 43.1 Å². The first-order valence-corrected chi connectivity index (χ1v) is 8.06. The highest BCUT2D eigenvalue weighted by atomic mass is 16.5. The Kier molecular flexibility index (Phi) is 6.40. The standard InChI is InChI=1S/C17H25N3O3/c1-13(14-6-3-2-4-7-14)23-11-5-9-19-17(22)20-10-8-15(12-20)16(18)21/h2-4,6-7,13,15H,5,8-12H2,1H3,(H2,18,21)(H,19,22)/t13-,15+/m0/s1. The van der Waals surface area contributed by atoms with Gasteiger partial charge in [-0.2, -0.15) is 0 Å². The van der Waals surface area contributed by atoms with Gasteiger partial charge in [-0.3, -0.25) is 4.79 Å². The molecular weight excluding hydrogens is 294 g/mol. The fraction of sp³-hybridized carbons (Fsp3) is 0.529. The second kappa shape index (κ2) is 8.53. The van der Waals surface area contributed by atoms with Gasteiger partial charge in [-0.25, -0.2) is 4.79 Å². The minimum absolute atomic E-state index is 0.0433. The number of nitrogens with zero attached hydrogens (tertiary/aromatic N) is 1. The zero-order valence-corrected chi connectivity index (χ0v) is 13.5. The molecule has 0 spiro atoms. The third-order valence-electron chi connectivity index (χ3n) is 4.11. The van der Waals surface area contributed by atoms with Crippen LogP contribution in [0, 0.1) is 5.92 Å². The Bertz CT molecular complexity index is 521. The van der Waals surface area contributed by atoms with Gasteiger partial charge in [-0.05, 0) is 25.3 Å². The molecule has 1 fully saturated rings. The van der Waals surface area contributed by atoms with Crippen LogP contribution in [0.5, 0.6) is 0 Å². The van der Waals surface area contributed by atoms with E-state index in [9.17, 15) is 9.59 Å². The van der Waals surface area contributed by atoms with Gasteiger partial charge in [0.2, 0.25) is 5.91 Å². The fourth-order valence-corrected chi connectivity index (χ4v) is 2.64. The van der Waals surface area contributed by atoms with Crippen LogP contribution in [0.2, 0.25) is 0 Å². The summed E-state index contributed by atoms with van der Waals surface area (Å²) in [7, 11) is 0. The zero-order chi connectivity index (χ0) is 16.7. The van der Waals surface area contributed by atoms with Crippen LogP contribution in [0.1, 0.15) is 31.4 Å². The van der Waals surface area contributed by atoms with Gasteiger partial charge in [-0.15, -0.1) is 0 Å². The highest BCUT2D eigenvalue weighted by Crippen LogP contribution is 2.16. The molecule has 1 aromatic carbocycles. The van der Waals surface area contributed by atoms with E-state index in [0.29, 0.717) is 32.7 Å². The van der Waals surface area contributed by atoms with Crippen molar-refractivity contribution >= 4 is 11.9 Å². The number of urea groups is 1. The summed E-state index contributed by atoms with van der Waals surface area (Å²) in [6.07, 6.45) is 1.44. The van der Waals surface area contributed by atoms with Crippen molar-refractivity contribution in [2.24, 2.45) is 11.7 Å². The van der Waals surface area contributed by atoms with Gasteiger partial charge < -0.3 is 20.7 Å². The molecule has 0 aliphatic carbocycles. The minimum atomic E-state index is -0.330. The summed E-state index contributed by atoms with van der Waals surface area (Å²) in [6.45, 7) is 4.16. The van der Waals surface area contributed by atoms with Crippen molar-refractivity contribution in [3.05, 3.63) is 35.9 Å². The van der Waals surface area contributed by atoms with E-state index in [0.717, 1.165) is 12.0 Å². The number of likely N-dealkylation sites (tertiary alicyclic amines) is 1. The molecule has 0 unspecified atom stereocenters. The number of nitrogens with one attached hydrogen (secondary N) is 1. The minimum Gasteiger partial charge on any atom is -0.374 e.